The summed E-state index contributed by atoms with van der Waals surface area (Å²) >= 11 is 0. The van der Waals surface area contributed by atoms with Crippen LogP contribution in [-0.2, 0) is 0 Å². The van der Waals surface area contributed by atoms with E-state index in [1.165, 1.54) is 6.42 Å². The van der Waals surface area contributed by atoms with Crippen molar-refractivity contribution in [3.8, 4) is 0 Å². The molecule has 1 atom stereocenters. The van der Waals surface area contributed by atoms with Gasteiger partial charge in [-0.3, -0.25) is 4.90 Å². The Bertz CT molecular complexity index is 158. The van der Waals surface area contributed by atoms with E-state index in [0.29, 0.717) is 12.0 Å². The quantitative estimate of drug-likeness (QED) is 0.736. The summed E-state index contributed by atoms with van der Waals surface area (Å²) in [7, 11) is 0. The van der Waals surface area contributed by atoms with Gasteiger partial charge < -0.3 is 5.32 Å². The fourth-order valence-corrected chi connectivity index (χ4v) is 2.16. The molecule has 1 heterocycles. The number of rotatable bonds is 6. The Balaban J connectivity index is 2.32. The molecule has 0 aliphatic carbocycles. The fourth-order valence-electron chi connectivity index (χ4n) is 2.16. The highest BCUT2D eigenvalue weighted by atomic mass is 19.3. The van der Waals surface area contributed by atoms with Gasteiger partial charge in [0.05, 0.1) is 6.54 Å². The summed E-state index contributed by atoms with van der Waals surface area (Å²) in [5.74, 6) is 0.449. The molecule has 0 spiro atoms. The SMILES string of the molecule is CC(C)CN(CC(F)F)CC1CCCN1. The average Bonchev–Trinajstić information content (AvgIpc) is 2.53. The summed E-state index contributed by atoms with van der Waals surface area (Å²) in [5.41, 5.74) is 0. The highest BCUT2D eigenvalue weighted by Gasteiger charge is 2.20. The lowest BCUT2D eigenvalue weighted by Crippen LogP contribution is -2.41. The standard InChI is InChI=1S/C11H22F2N2/c1-9(2)6-15(8-11(12)13)7-10-4-3-5-14-10/h9-11,14H,3-8H2,1-2H3. The van der Waals surface area contributed by atoms with Gasteiger partial charge >= 0.3 is 0 Å². The van der Waals surface area contributed by atoms with Crippen molar-refractivity contribution in [1.82, 2.24) is 10.2 Å². The van der Waals surface area contributed by atoms with Crippen molar-refractivity contribution < 1.29 is 8.78 Å². The third kappa shape index (κ3) is 5.42. The average molecular weight is 220 g/mol. The lowest BCUT2D eigenvalue weighted by Gasteiger charge is -2.26. The van der Waals surface area contributed by atoms with E-state index in [1.54, 1.807) is 0 Å². The zero-order valence-corrected chi connectivity index (χ0v) is 9.68. The second kappa shape index (κ2) is 6.38. The zero-order chi connectivity index (χ0) is 11.3. The van der Waals surface area contributed by atoms with Gasteiger partial charge in [0.2, 0.25) is 0 Å². The van der Waals surface area contributed by atoms with Crippen LogP contribution in [0.15, 0.2) is 0 Å². The molecule has 1 saturated heterocycles. The lowest BCUT2D eigenvalue weighted by atomic mass is 10.1. The Kier molecular flexibility index (Phi) is 5.47. The molecular formula is C11H22F2N2. The monoisotopic (exact) mass is 220 g/mol. The summed E-state index contributed by atoms with van der Waals surface area (Å²) in [6.07, 6.45) is 0.0809. The normalized spacial score (nSPS) is 22.2. The molecule has 90 valence electrons. The minimum absolute atomic E-state index is 0.0869. The predicted octanol–water partition coefficient (Wildman–Crippen LogP) is 1.96. The van der Waals surface area contributed by atoms with Crippen molar-refractivity contribution in [3.63, 3.8) is 0 Å². The van der Waals surface area contributed by atoms with Crippen molar-refractivity contribution in [2.24, 2.45) is 5.92 Å². The first-order chi connectivity index (χ1) is 7.08. The molecule has 0 aromatic rings. The Labute approximate surface area is 91.0 Å². The summed E-state index contributed by atoms with van der Waals surface area (Å²) < 4.78 is 24.7. The van der Waals surface area contributed by atoms with Crippen LogP contribution in [0.25, 0.3) is 0 Å². The van der Waals surface area contributed by atoms with Gasteiger partial charge in [-0.15, -0.1) is 0 Å². The van der Waals surface area contributed by atoms with Crippen LogP contribution < -0.4 is 5.32 Å². The van der Waals surface area contributed by atoms with Crippen molar-refractivity contribution in [2.45, 2.75) is 39.2 Å². The fraction of sp³-hybridized carbons (Fsp3) is 1.00. The van der Waals surface area contributed by atoms with E-state index >= 15 is 0 Å². The number of hydrogen-bond acceptors (Lipinski definition) is 2. The van der Waals surface area contributed by atoms with Gasteiger partial charge in [0.15, 0.2) is 0 Å². The molecule has 1 aliphatic heterocycles. The minimum Gasteiger partial charge on any atom is -0.313 e. The molecule has 0 amide bonds. The Hall–Kier alpha value is -0.220. The van der Waals surface area contributed by atoms with E-state index in [4.69, 9.17) is 0 Å². The highest BCUT2D eigenvalue weighted by Crippen LogP contribution is 2.10. The number of nitrogens with zero attached hydrogens (tertiary/aromatic N) is 1. The van der Waals surface area contributed by atoms with Crippen LogP contribution in [0.5, 0.6) is 0 Å². The molecule has 0 aromatic heterocycles. The van der Waals surface area contributed by atoms with Crippen LogP contribution in [0.3, 0.4) is 0 Å². The Morgan fingerprint density at radius 1 is 1.33 bits per heavy atom. The number of nitrogens with one attached hydrogen (secondary N) is 1. The highest BCUT2D eigenvalue weighted by molar-refractivity contribution is 4.78. The van der Waals surface area contributed by atoms with Crippen molar-refractivity contribution >= 4 is 0 Å². The Morgan fingerprint density at radius 2 is 2.07 bits per heavy atom. The van der Waals surface area contributed by atoms with Gasteiger partial charge in [-0.05, 0) is 25.3 Å². The van der Waals surface area contributed by atoms with Gasteiger partial charge in [0.1, 0.15) is 0 Å². The summed E-state index contributed by atoms with van der Waals surface area (Å²) in [5, 5.41) is 3.35. The molecule has 0 saturated carbocycles. The van der Waals surface area contributed by atoms with Crippen molar-refractivity contribution in [2.75, 3.05) is 26.2 Å². The third-order valence-corrected chi connectivity index (χ3v) is 2.66. The van der Waals surface area contributed by atoms with E-state index in [1.807, 2.05) is 4.90 Å². The number of hydrogen-bond donors (Lipinski definition) is 1. The van der Waals surface area contributed by atoms with Gasteiger partial charge in [0, 0.05) is 19.1 Å². The largest absolute Gasteiger partial charge is 0.313 e. The van der Waals surface area contributed by atoms with Crippen LogP contribution in [0.4, 0.5) is 8.78 Å². The van der Waals surface area contributed by atoms with Crippen molar-refractivity contribution in [3.05, 3.63) is 0 Å². The molecular weight excluding hydrogens is 198 g/mol. The molecule has 1 fully saturated rings. The van der Waals surface area contributed by atoms with Crippen LogP contribution in [0.2, 0.25) is 0 Å². The van der Waals surface area contributed by atoms with Gasteiger partial charge in [-0.2, -0.15) is 0 Å². The topological polar surface area (TPSA) is 15.3 Å². The van der Waals surface area contributed by atoms with E-state index in [0.717, 1.165) is 26.1 Å². The van der Waals surface area contributed by atoms with Gasteiger partial charge in [-0.1, -0.05) is 13.8 Å². The maximum Gasteiger partial charge on any atom is 0.251 e. The predicted molar refractivity (Wildman–Crippen MR) is 58.3 cm³/mol. The maximum atomic E-state index is 12.3. The molecule has 1 unspecified atom stereocenters. The molecule has 0 bridgehead atoms. The second-order valence-electron chi connectivity index (χ2n) is 4.80. The van der Waals surface area contributed by atoms with E-state index in [2.05, 4.69) is 19.2 Å². The van der Waals surface area contributed by atoms with Crippen molar-refractivity contribution in [1.29, 1.82) is 0 Å². The molecule has 15 heavy (non-hydrogen) atoms. The zero-order valence-electron chi connectivity index (χ0n) is 9.68. The second-order valence-corrected chi connectivity index (χ2v) is 4.80. The first-order valence-electron chi connectivity index (χ1n) is 5.82. The smallest absolute Gasteiger partial charge is 0.251 e. The number of halogens is 2. The summed E-state index contributed by atoms with van der Waals surface area (Å²) in [4.78, 5) is 1.89. The van der Waals surface area contributed by atoms with Crippen LogP contribution in [0.1, 0.15) is 26.7 Å². The van der Waals surface area contributed by atoms with Crippen LogP contribution in [0, 0.1) is 5.92 Å². The lowest BCUT2D eigenvalue weighted by molar-refractivity contribution is 0.0783. The first kappa shape index (κ1) is 12.8. The van der Waals surface area contributed by atoms with Gasteiger partial charge in [0.25, 0.3) is 6.43 Å². The molecule has 1 aliphatic rings. The summed E-state index contributed by atoms with van der Waals surface area (Å²) in [6, 6.07) is 0.419. The van der Waals surface area contributed by atoms with Gasteiger partial charge in [-0.25, -0.2) is 8.78 Å². The minimum atomic E-state index is -2.22. The van der Waals surface area contributed by atoms with Crippen LogP contribution in [-0.4, -0.2) is 43.5 Å². The molecule has 1 rings (SSSR count). The molecule has 4 heteroatoms. The van der Waals surface area contributed by atoms with E-state index in [9.17, 15) is 8.78 Å². The molecule has 0 radical (unpaired) electrons. The van der Waals surface area contributed by atoms with E-state index < -0.39 is 6.43 Å². The third-order valence-electron chi connectivity index (χ3n) is 2.66. The molecule has 2 nitrogen and oxygen atoms in total. The first-order valence-corrected chi connectivity index (χ1v) is 5.82. The Morgan fingerprint density at radius 3 is 2.53 bits per heavy atom. The van der Waals surface area contributed by atoms with Crippen LogP contribution >= 0.6 is 0 Å². The molecule has 1 N–H and O–H groups in total. The molecule has 0 aromatic carbocycles. The number of alkyl halides is 2. The maximum absolute atomic E-state index is 12.3. The summed E-state index contributed by atoms with van der Waals surface area (Å²) in [6.45, 7) is 6.62. The van der Waals surface area contributed by atoms with E-state index in [-0.39, 0.29) is 6.54 Å².